The van der Waals surface area contributed by atoms with E-state index in [1.807, 2.05) is 47.8 Å². The van der Waals surface area contributed by atoms with Crippen LogP contribution >= 0.6 is 46.7 Å². The van der Waals surface area contributed by atoms with Crippen molar-refractivity contribution in [3.63, 3.8) is 0 Å². The minimum Gasteiger partial charge on any atom is -0.0948 e. The van der Waals surface area contributed by atoms with Gasteiger partial charge in [-0.15, -0.1) is 0 Å². The van der Waals surface area contributed by atoms with Gasteiger partial charge in [-0.1, -0.05) is 71.7 Å². The maximum atomic E-state index is 6.05. The average molecular weight is 445 g/mol. The molecule has 2 atom stereocenters. The van der Waals surface area contributed by atoms with Gasteiger partial charge in [0.2, 0.25) is 0 Å². The van der Waals surface area contributed by atoms with Crippen LogP contribution in [0.2, 0.25) is 10.0 Å². The summed E-state index contributed by atoms with van der Waals surface area (Å²) >= 11 is 16.0. The third kappa shape index (κ3) is 3.47. The van der Waals surface area contributed by atoms with Crippen LogP contribution in [0.4, 0.5) is 0 Å². The number of rotatable bonds is 4. The summed E-state index contributed by atoms with van der Waals surface area (Å²) in [6.07, 6.45) is 13.0. The SMILES string of the molecule is Clc1ccc(SC2=C[C@@]34CCCC[C@@]3(C=C(Sc3ccc(Cl)cc3)C4)C2)cc1. The molecule has 0 nitrogen and oxygen atoms in total. The molecular formula is C24H22Cl2S2. The zero-order valence-electron chi connectivity index (χ0n) is 15.6. The Morgan fingerprint density at radius 2 is 1.00 bits per heavy atom. The first-order valence-electron chi connectivity index (χ1n) is 9.86. The highest BCUT2D eigenvalue weighted by Crippen LogP contribution is 2.69. The molecular weight excluding hydrogens is 423 g/mol. The molecule has 0 aliphatic heterocycles. The van der Waals surface area contributed by atoms with Gasteiger partial charge in [0, 0.05) is 30.7 Å². The minimum absolute atomic E-state index is 0.328. The lowest BCUT2D eigenvalue weighted by Gasteiger charge is -2.44. The summed E-state index contributed by atoms with van der Waals surface area (Å²) in [6.45, 7) is 0. The van der Waals surface area contributed by atoms with Crippen molar-refractivity contribution >= 4 is 46.7 Å². The molecule has 3 aliphatic carbocycles. The number of hydrogen-bond donors (Lipinski definition) is 0. The Hall–Kier alpha value is -0.800. The van der Waals surface area contributed by atoms with Gasteiger partial charge >= 0.3 is 0 Å². The number of hydrogen-bond acceptors (Lipinski definition) is 2. The second-order valence-electron chi connectivity index (χ2n) is 8.21. The van der Waals surface area contributed by atoms with Gasteiger partial charge in [0.1, 0.15) is 0 Å². The third-order valence-electron chi connectivity index (χ3n) is 6.47. The van der Waals surface area contributed by atoms with Gasteiger partial charge in [0.25, 0.3) is 0 Å². The monoisotopic (exact) mass is 444 g/mol. The van der Waals surface area contributed by atoms with E-state index in [-0.39, 0.29) is 0 Å². The smallest absolute Gasteiger partial charge is 0.0406 e. The normalized spacial score (nSPS) is 28.5. The molecule has 0 heterocycles. The van der Waals surface area contributed by atoms with Gasteiger partial charge in [-0.2, -0.15) is 0 Å². The highest BCUT2D eigenvalue weighted by Gasteiger charge is 2.57. The minimum atomic E-state index is 0.328. The zero-order chi connectivity index (χ0) is 19.2. The van der Waals surface area contributed by atoms with E-state index in [0.29, 0.717) is 10.8 Å². The van der Waals surface area contributed by atoms with Crippen LogP contribution in [0.1, 0.15) is 38.5 Å². The van der Waals surface area contributed by atoms with Crippen molar-refractivity contribution in [3.05, 3.63) is 80.5 Å². The van der Waals surface area contributed by atoms with E-state index in [2.05, 4.69) is 36.4 Å². The van der Waals surface area contributed by atoms with E-state index in [9.17, 15) is 0 Å². The summed E-state index contributed by atoms with van der Waals surface area (Å²) in [4.78, 5) is 5.66. The summed E-state index contributed by atoms with van der Waals surface area (Å²) in [6, 6.07) is 16.5. The number of halogens is 2. The van der Waals surface area contributed by atoms with Gasteiger partial charge in [0.05, 0.1) is 0 Å². The molecule has 0 amide bonds. The molecule has 2 aromatic rings. The van der Waals surface area contributed by atoms with Crippen molar-refractivity contribution in [1.82, 2.24) is 0 Å². The summed E-state index contributed by atoms with van der Waals surface area (Å²) in [7, 11) is 0. The van der Waals surface area contributed by atoms with Gasteiger partial charge in [-0.25, -0.2) is 0 Å². The van der Waals surface area contributed by atoms with E-state index in [1.54, 1.807) is 0 Å². The Labute approximate surface area is 185 Å². The number of thioether (sulfide) groups is 2. The number of benzene rings is 2. The van der Waals surface area contributed by atoms with Crippen LogP contribution in [-0.2, 0) is 0 Å². The van der Waals surface area contributed by atoms with Crippen LogP contribution in [0.5, 0.6) is 0 Å². The van der Waals surface area contributed by atoms with E-state index >= 15 is 0 Å². The van der Waals surface area contributed by atoms with Crippen molar-refractivity contribution in [2.24, 2.45) is 10.8 Å². The second kappa shape index (κ2) is 7.47. The molecule has 1 fully saturated rings. The molecule has 0 spiro atoms. The lowest BCUT2D eigenvalue weighted by molar-refractivity contribution is 0.110. The second-order valence-corrected chi connectivity index (χ2v) is 11.5. The van der Waals surface area contributed by atoms with Crippen LogP contribution in [0, 0.1) is 10.8 Å². The van der Waals surface area contributed by atoms with Gasteiger partial charge in [-0.05, 0) is 84.0 Å². The first kappa shape index (κ1) is 19.2. The van der Waals surface area contributed by atoms with E-state index in [1.165, 1.54) is 58.1 Å². The van der Waals surface area contributed by atoms with E-state index in [0.717, 1.165) is 10.0 Å². The van der Waals surface area contributed by atoms with E-state index < -0.39 is 0 Å². The molecule has 0 N–H and O–H groups in total. The van der Waals surface area contributed by atoms with Crippen LogP contribution < -0.4 is 0 Å². The topological polar surface area (TPSA) is 0 Å². The number of allylic oxidation sites excluding steroid dienone is 4. The van der Waals surface area contributed by atoms with Gasteiger partial charge < -0.3 is 0 Å². The first-order chi connectivity index (χ1) is 13.6. The predicted molar refractivity (Wildman–Crippen MR) is 123 cm³/mol. The fourth-order valence-electron chi connectivity index (χ4n) is 5.22. The predicted octanol–water partition coefficient (Wildman–Crippen LogP) is 9.00. The largest absolute Gasteiger partial charge is 0.0948 e. The van der Waals surface area contributed by atoms with Crippen LogP contribution in [0.15, 0.2) is 80.3 Å². The highest BCUT2D eigenvalue weighted by atomic mass is 35.5. The molecule has 0 radical (unpaired) electrons. The summed E-state index contributed by atoms with van der Waals surface area (Å²) in [5.41, 5.74) is 0.656. The molecule has 0 unspecified atom stereocenters. The Morgan fingerprint density at radius 1 is 0.607 bits per heavy atom. The van der Waals surface area contributed by atoms with E-state index in [4.69, 9.17) is 23.2 Å². The van der Waals surface area contributed by atoms with Crippen molar-refractivity contribution in [3.8, 4) is 0 Å². The van der Waals surface area contributed by atoms with Crippen molar-refractivity contribution in [2.75, 3.05) is 0 Å². The molecule has 28 heavy (non-hydrogen) atoms. The van der Waals surface area contributed by atoms with Crippen LogP contribution in [0.25, 0.3) is 0 Å². The average Bonchev–Trinajstić information content (AvgIpc) is 3.14. The molecule has 0 aromatic heterocycles. The molecule has 0 bridgehead atoms. The maximum absolute atomic E-state index is 6.05. The molecule has 144 valence electrons. The Kier molecular flexibility index (Phi) is 5.12. The van der Waals surface area contributed by atoms with Crippen LogP contribution in [0.3, 0.4) is 0 Å². The molecule has 5 rings (SSSR count). The Morgan fingerprint density at radius 3 is 1.39 bits per heavy atom. The Bertz CT molecular complexity index is 866. The summed E-state index contributed by atoms with van der Waals surface area (Å²) in [5.74, 6) is 0. The standard InChI is InChI=1S/C24H22Cl2S2/c25-17-3-7-19(8-4-17)27-21-13-23-11-1-2-12-24(23,15-21)16-22(14-23)28-20-9-5-18(26)6-10-20/h3-10,13,16H,1-2,11-12,14-15H2/t23-,24+/m1/s1. The van der Waals surface area contributed by atoms with Crippen molar-refractivity contribution in [2.45, 2.75) is 48.3 Å². The first-order valence-corrected chi connectivity index (χ1v) is 12.3. The van der Waals surface area contributed by atoms with Crippen molar-refractivity contribution < 1.29 is 0 Å². The summed E-state index contributed by atoms with van der Waals surface area (Å²) in [5, 5.41) is 1.61. The molecule has 1 saturated carbocycles. The lowest BCUT2D eigenvalue weighted by Crippen LogP contribution is -2.35. The third-order valence-corrected chi connectivity index (χ3v) is 9.03. The molecule has 4 heteroatoms. The highest BCUT2D eigenvalue weighted by molar-refractivity contribution is 8.03. The van der Waals surface area contributed by atoms with Gasteiger partial charge in [-0.3, -0.25) is 0 Å². The summed E-state index contributed by atoms with van der Waals surface area (Å²) < 4.78 is 0. The van der Waals surface area contributed by atoms with Crippen molar-refractivity contribution in [1.29, 1.82) is 0 Å². The zero-order valence-corrected chi connectivity index (χ0v) is 18.7. The Balaban J connectivity index is 1.38. The van der Waals surface area contributed by atoms with Crippen LogP contribution in [-0.4, -0.2) is 0 Å². The fraction of sp³-hybridized carbons (Fsp3) is 0.333. The quantitative estimate of drug-likeness (QED) is 0.460. The fourth-order valence-corrected chi connectivity index (χ4v) is 7.85. The lowest BCUT2D eigenvalue weighted by atomic mass is 9.59. The molecule has 3 aliphatic rings. The van der Waals surface area contributed by atoms with Gasteiger partial charge in [0.15, 0.2) is 0 Å². The molecule has 2 aromatic carbocycles. The maximum Gasteiger partial charge on any atom is 0.0406 e. The molecule has 0 saturated heterocycles.